The molecular weight excluding hydrogens is 276 g/mol. The maximum absolute atomic E-state index is 11.7. The molecule has 0 aliphatic rings. The number of hydrogen-bond donors (Lipinski definition) is 2. The minimum Gasteiger partial charge on any atom is -0.444 e. The molecule has 112 valence electrons. The van der Waals surface area contributed by atoms with Gasteiger partial charge in [0, 0.05) is 17.6 Å². The van der Waals surface area contributed by atoms with Gasteiger partial charge in [0.25, 0.3) is 0 Å². The first-order chi connectivity index (χ1) is 9.21. The molecule has 0 aliphatic heterocycles. The Morgan fingerprint density at radius 3 is 2.60 bits per heavy atom. The molecule has 0 aromatic heterocycles. The lowest BCUT2D eigenvalue weighted by molar-refractivity contribution is 0.0506. The second-order valence-electron chi connectivity index (χ2n) is 5.88. The third-order valence-corrected chi connectivity index (χ3v) is 3.03. The predicted octanol–water partition coefficient (Wildman–Crippen LogP) is 3.04. The van der Waals surface area contributed by atoms with Gasteiger partial charge in [-0.3, -0.25) is 0 Å². The zero-order valence-corrected chi connectivity index (χ0v) is 13.3. The van der Waals surface area contributed by atoms with Crippen LogP contribution in [0.2, 0.25) is 5.02 Å². The van der Waals surface area contributed by atoms with E-state index >= 15 is 0 Å². The lowest BCUT2D eigenvalue weighted by atomic mass is 10.0. The van der Waals surface area contributed by atoms with Crippen LogP contribution in [0.3, 0.4) is 0 Å². The van der Waals surface area contributed by atoms with Gasteiger partial charge in [-0.15, -0.1) is 0 Å². The fraction of sp³-hybridized carbons (Fsp3) is 0.533. The van der Waals surface area contributed by atoms with Crippen LogP contribution in [-0.4, -0.2) is 24.3 Å². The van der Waals surface area contributed by atoms with Gasteiger partial charge in [0.1, 0.15) is 5.60 Å². The van der Waals surface area contributed by atoms with Crippen molar-refractivity contribution in [2.45, 2.75) is 45.8 Å². The zero-order valence-electron chi connectivity index (χ0n) is 12.5. The van der Waals surface area contributed by atoms with E-state index in [2.05, 4.69) is 5.32 Å². The summed E-state index contributed by atoms with van der Waals surface area (Å²) in [6, 6.07) is 5.64. The normalized spacial score (nSPS) is 12.9. The lowest BCUT2D eigenvalue weighted by Gasteiger charge is -2.23. The molecule has 0 heterocycles. The van der Waals surface area contributed by atoms with Gasteiger partial charge >= 0.3 is 6.09 Å². The van der Waals surface area contributed by atoms with E-state index in [-0.39, 0.29) is 6.04 Å². The molecule has 4 nitrogen and oxygen atoms in total. The maximum atomic E-state index is 11.7. The van der Waals surface area contributed by atoms with E-state index in [0.29, 0.717) is 18.0 Å². The monoisotopic (exact) mass is 298 g/mol. The fourth-order valence-electron chi connectivity index (χ4n) is 1.75. The summed E-state index contributed by atoms with van der Waals surface area (Å²) in [5.74, 6) is 0. The van der Waals surface area contributed by atoms with Gasteiger partial charge in [0.05, 0.1) is 0 Å². The Labute approximate surface area is 125 Å². The molecule has 3 N–H and O–H groups in total. The largest absolute Gasteiger partial charge is 0.444 e. The molecule has 1 amide bonds. The van der Waals surface area contributed by atoms with Gasteiger partial charge in [-0.25, -0.2) is 4.79 Å². The maximum Gasteiger partial charge on any atom is 0.407 e. The Bertz CT molecular complexity index is 469. The highest BCUT2D eigenvalue weighted by Crippen LogP contribution is 2.19. The Balaban J connectivity index is 2.65. The van der Waals surface area contributed by atoms with Gasteiger partial charge in [0.15, 0.2) is 0 Å². The number of amides is 1. The molecule has 0 fully saturated rings. The van der Waals surface area contributed by atoms with E-state index in [1.165, 1.54) is 0 Å². The molecule has 5 heteroatoms. The van der Waals surface area contributed by atoms with E-state index in [1.54, 1.807) is 0 Å². The van der Waals surface area contributed by atoms with Crippen LogP contribution in [0.25, 0.3) is 0 Å². The average Bonchev–Trinajstić information content (AvgIpc) is 2.29. The summed E-state index contributed by atoms with van der Waals surface area (Å²) in [5.41, 5.74) is 7.24. The summed E-state index contributed by atoms with van der Waals surface area (Å²) in [4.78, 5) is 11.7. The third-order valence-electron chi connectivity index (χ3n) is 2.68. The number of nitrogens with one attached hydrogen (secondary N) is 1. The number of aryl methyl sites for hydroxylation is 1. The van der Waals surface area contributed by atoms with Crippen molar-refractivity contribution in [3.8, 4) is 0 Å². The third kappa shape index (κ3) is 5.80. The van der Waals surface area contributed by atoms with Crippen LogP contribution in [0.15, 0.2) is 18.2 Å². The van der Waals surface area contributed by atoms with Crippen LogP contribution in [0, 0.1) is 6.92 Å². The lowest BCUT2D eigenvalue weighted by Crippen LogP contribution is -2.44. The second kappa shape index (κ2) is 6.95. The van der Waals surface area contributed by atoms with Crippen molar-refractivity contribution in [1.29, 1.82) is 0 Å². The molecule has 0 saturated carbocycles. The minimum absolute atomic E-state index is 0.204. The van der Waals surface area contributed by atoms with Crippen LogP contribution in [-0.2, 0) is 11.2 Å². The number of nitrogens with two attached hydrogens (primary N) is 1. The van der Waals surface area contributed by atoms with E-state index in [4.69, 9.17) is 22.1 Å². The van der Waals surface area contributed by atoms with Gasteiger partial charge in [-0.05, 0) is 51.3 Å². The van der Waals surface area contributed by atoms with Gasteiger partial charge in [-0.1, -0.05) is 23.7 Å². The van der Waals surface area contributed by atoms with Crippen LogP contribution in [0.5, 0.6) is 0 Å². The van der Waals surface area contributed by atoms with Crippen molar-refractivity contribution in [1.82, 2.24) is 5.32 Å². The van der Waals surface area contributed by atoms with E-state index in [0.717, 1.165) is 11.1 Å². The number of carbonyl (C=O) groups excluding carboxylic acids is 1. The fourth-order valence-corrected chi connectivity index (χ4v) is 2.06. The standard InChI is InChI=1S/C15H23ClN2O2/c1-10-5-6-11(13(16)7-10)8-12(9-17)18-14(19)20-15(2,3)4/h5-7,12H,8-9,17H2,1-4H3,(H,18,19). The number of carbonyl (C=O) groups is 1. The summed E-state index contributed by atoms with van der Waals surface area (Å²) >= 11 is 6.19. The molecule has 0 spiro atoms. The smallest absolute Gasteiger partial charge is 0.407 e. The second-order valence-corrected chi connectivity index (χ2v) is 6.29. The summed E-state index contributed by atoms with van der Waals surface area (Å²) in [6.45, 7) is 7.76. The number of alkyl carbamates (subject to hydrolysis) is 1. The number of ether oxygens (including phenoxy) is 1. The highest BCUT2D eigenvalue weighted by molar-refractivity contribution is 6.31. The van der Waals surface area contributed by atoms with Crippen molar-refractivity contribution < 1.29 is 9.53 Å². The highest BCUT2D eigenvalue weighted by atomic mass is 35.5. The number of benzene rings is 1. The number of rotatable bonds is 4. The quantitative estimate of drug-likeness (QED) is 0.898. The highest BCUT2D eigenvalue weighted by Gasteiger charge is 2.19. The molecule has 1 atom stereocenters. The summed E-state index contributed by atoms with van der Waals surface area (Å²) < 4.78 is 5.22. The zero-order chi connectivity index (χ0) is 15.3. The summed E-state index contributed by atoms with van der Waals surface area (Å²) in [7, 11) is 0. The van der Waals surface area contributed by atoms with Crippen LogP contribution in [0.4, 0.5) is 4.79 Å². The Kier molecular flexibility index (Phi) is 5.84. The molecule has 0 aliphatic carbocycles. The Morgan fingerprint density at radius 2 is 2.10 bits per heavy atom. The number of halogens is 1. The van der Waals surface area contributed by atoms with Crippen molar-refractivity contribution in [2.24, 2.45) is 5.73 Å². The SMILES string of the molecule is Cc1ccc(CC(CN)NC(=O)OC(C)(C)C)c(Cl)c1. The molecule has 0 saturated heterocycles. The van der Waals surface area contributed by atoms with Crippen LogP contribution >= 0.6 is 11.6 Å². The Morgan fingerprint density at radius 1 is 1.45 bits per heavy atom. The predicted molar refractivity (Wildman–Crippen MR) is 82.1 cm³/mol. The van der Waals surface area contributed by atoms with Crippen molar-refractivity contribution in [3.05, 3.63) is 34.3 Å². The molecule has 1 rings (SSSR count). The average molecular weight is 299 g/mol. The van der Waals surface area contributed by atoms with E-state index < -0.39 is 11.7 Å². The summed E-state index contributed by atoms with van der Waals surface area (Å²) in [6.07, 6.45) is 0.116. The molecular formula is C15H23ClN2O2. The first kappa shape index (κ1) is 16.8. The van der Waals surface area contributed by atoms with Crippen molar-refractivity contribution in [2.75, 3.05) is 6.54 Å². The molecule has 1 aromatic carbocycles. The molecule has 1 unspecified atom stereocenters. The molecule has 1 aromatic rings. The van der Waals surface area contributed by atoms with Crippen LogP contribution < -0.4 is 11.1 Å². The first-order valence-electron chi connectivity index (χ1n) is 6.66. The topological polar surface area (TPSA) is 64.3 Å². The molecule has 0 bridgehead atoms. The van der Waals surface area contributed by atoms with Crippen LogP contribution in [0.1, 0.15) is 31.9 Å². The van der Waals surface area contributed by atoms with Gasteiger partial charge in [0.2, 0.25) is 0 Å². The van der Waals surface area contributed by atoms with E-state index in [1.807, 2.05) is 45.9 Å². The van der Waals surface area contributed by atoms with Crippen molar-refractivity contribution >= 4 is 17.7 Å². The molecule has 0 radical (unpaired) electrons. The Hall–Kier alpha value is -1.26. The van der Waals surface area contributed by atoms with Gasteiger partial charge < -0.3 is 15.8 Å². The van der Waals surface area contributed by atoms with Crippen molar-refractivity contribution in [3.63, 3.8) is 0 Å². The summed E-state index contributed by atoms with van der Waals surface area (Å²) in [5, 5.41) is 3.46. The van der Waals surface area contributed by atoms with E-state index in [9.17, 15) is 4.79 Å². The molecule has 20 heavy (non-hydrogen) atoms. The number of hydrogen-bond acceptors (Lipinski definition) is 3. The van der Waals surface area contributed by atoms with Gasteiger partial charge in [-0.2, -0.15) is 0 Å². The first-order valence-corrected chi connectivity index (χ1v) is 7.03. The minimum atomic E-state index is -0.523.